The molecule has 0 aliphatic heterocycles. The standard InChI is InChI=1S/C13H17ClFNO3/c1-13(5-6-17,8-19-2)16-12(18)10-4-3-9(14)7-11(10)15/h3-4,7,17H,5-6,8H2,1-2H3,(H,16,18). The van der Waals surface area contributed by atoms with Crippen LogP contribution in [0.15, 0.2) is 18.2 Å². The van der Waals surface area contributed by atoms with Gasteiger partial charge in [-0.15, -0.1) is 0 Å². The van der Waals surface area contributed by atoms with Crippen molar-refractivity contribution in [3.05, 3.63) is 34.6 Å². The number of carbonyl (C=O) groups excluding carboxylic acids is 1. The van der Waals surface area contributed by atoms with Crippen molar-refractivity contribution in [2.45, 2.75) is 18.9 Å². The fourth-order valence-electron chi connectivity index (χ4n) is 1.75. The van der Waals surface area contributed by atoms with Crippen molar-refractivity contribution in [1.82, 2.24) is 5.32 Å². The second kappa shape index (κ2) is 6.84. The van der Waals surface area contributed by atoms with E-state index in [0.29, 0.717) is 6.42 Å². The summed E-state index contributed by atoms with van der Waals surface area (Å²) < 4.78 is 18.6. The Bertz CT molecular complexity index is 448. The maximum Gasteiger partial charge on any atom is 0.254 e. The van der Waals surface area contributed by atoms with Crippen molar-refractivity contribution in [2.75, 3.05) is 20.3 Å². The average molecular weight is 290 g/mol. The molecule has 1 aromatic rings. The van der Waals surface area contributed by atoms with Crippen LogP contribution in [0.3, 0.4) is 0 Å². The Hall–Kier alpha value is -1.17. The minimum atomic E-state index is -0.757. The van der Waals surface area contributed by atoms with E-state index in [2.05, 4.69) is 5.32 Å². The van der Waals surface area contributed by atoms with Crippen molar-refractivity contribution in [2.24, 2.45) is 0 Å². The van der Waals surface area contributed by atoms with Gasteiger partial charge >= 0.3 is 0 Å². The molecule has 19 heavy (non-hydrogen) atoms. The van der Waals surface area contributed by atoms with Gasteiger partial charge in [-0.25, -0.2) is 4.39 Å². The van der Waals surface area contributed by atoms with E-state index in [1.807, 2.05) is 0 Å². The number of benzene rings is 1. The molecule has 0 fully saturated rings. The van der Waals surface area contributed by atoms with Crippen LogP contribution in [0.4, 0.5) is 4.39 Å². The minimum absolute atomic E-state index is 0.0929. The third-order valence-electron chi connectivity index (χ3n) is 2.72. The topological polar surface area (TPSA) is 58.6 Å². The Morgan fingerprint density at radius 1 is 1.58 bits per heavy atom. The Kier molecular flexibility index (Phi) is 5.72. The normalized spacial score (nSPS) is 13.9. The van der Waals surface area contributed by atoms with Gasteiger partial charge in [-0.3, -0.25) is 4.79 Å². The molecule has 2 N–H and O–H groups in total. The van der Waals surface area contributed by atoms with Crippen LogP contribution in [0.25, 0.3) is 0 Å². The van der Waals surface area contributed by atoms with Crippen LogP contribution in [0.2, 0.25) is 5.02 Å². The highest BCUT2D eigenvalue weighted by Gasteiger charge is 2.27. The molecule has 1 amide bonds. The van der Waals surface area contributed by atoms with Crippen LogP contribution in [0, 0.1) is 5.82 Å². The van der Waals surface area contributed by atoms with Gasteiger partial charge in [-0.2, -0.15) is 0 Å². The summed E-state index contributed by atoms with van der Waals surface area (Å²) in [5.74, 6) is -1.25. The summed E-state index contributed by atoms with van der Waals surface area (Å²) in [6.07, 6.45) is 0.307. The summed E-state index contributed by atoms with van der Waals surface area (Å²) in [5.41, 5.74) is -0.850. The van der Waals surface area contributed by atoms with Gasteiger partial charge in [0.15, 0.2) is 0 Å². The fraction of sp³-hybridized carbons (Fsp3) is 0.462. The van der Waals surface area contributed by atoms with E-state index in [9.17, 15) is 9.18 Å². The van der Waals surface area contributed by atoms with Gasteiger partial charge in [0.1, 0.15) is 5.82 Å². The Morgan fingerprint density at radius 2 is 2.26 bits per heavy atom. The molecular weight excluding hydrogens is 273 g/mol. The predicted octanol–water partition coefficient (Wildman–Crippen LogP) is 2.00. The summed E-state index contributed by atoms with van der Waals surface area (Å²) in [4.78, 5) is 12.0. The van der Waals surface area contributed by atoms with E-state index < -0.39 is 17.3 Å². The molecule has 0 saturated heterocycles. The molecule has 4 nitrogen and oxygen atoms in total. The molecule has 106 valence electrons. The first-order valence-electron chi connectivity index (χ1n) is 5.79. The van der Waals surface area contributed by atoms with E-state index in [-0.39, 0.29) is 23.8 Å². The predicted molar refractivity (Wildman–Crippen MR) is 70.9 cm³/mol. The Labute approximate surface area is 116 Å². The molecule has 0 saturated carbocycles. The number of ether oxygens (including phenoxy) is 1. The first kappa shape index (κ1) is 15.9. The zero-order valence-corrected chi connectivity index (χ0v) is 11.6. The van der Waals surface area contributed by atoms with Crippen LogP contribution in [-0.4, -0.2) is 36.9 Å². The smallest absolute Gasteiger partial charge is 0.254 e. The van der Waals surface area contributed by atoms with Gasteiger partial charge in [-0.1, -0.05) is 11.6 Å². The summed E-state index contributed by atoms with van der Waals surface area (Å²) in [5, 5.41) is 11.9. The van der Waals surface area contributed by atoms with Gasteiger partial charge in [0, 0.05) is 18.7 Å². The number of aliphatic hydroxyl groups excluding tert-OH is 1. The highest BCUT2D eigenvalue weighted by Crippen LogP contribution is 2.17. The lowest BCUT2D eigenvalue weighted by Crippen LogP contribution is -2.50. The number of aliphatic hydroxyl groups is 1. The number of methoxy groups -OCH3 is 1. The van der Waals surface area contributed by atoms with Crippen molar-refractivity contribution >= 4 is 17.5 Å². The van der Waals surface area contributed by atoms with Crippen molar-refractivity contribution < 1.29 is 19.0 Å². The number of rotatable bonds is 6. The van der Waals surface area contributed by atoms with Crippen molar-refractivity contribution in [3.63, 3.8) is 0 Å². The molecule has 0 spiro atoms. The highest BCUT2D eigenvalue weighted by atomic mass is 35.5. The van der Waals surface area contributed by atoms with Gasteiger partial charge in [0.05, 0.1) is 17.7 Å². The molecule has 1 rings (SSSR count). The summed E-state index contributed by atoms with van der Waals surface area (Å²) in [7, 11) is 1.49. The zero-order chi connectivity index (χ0) is 14.5. The number of amides is 1. The van der Waals surface area contributed by atoms with Crippen LogP contribution in [0.5, 0.6) is 0 Å². The minimum Gasteiger partial charge on any atom is -0.396 e. The van der Waals surface area contributed by atoms with E-state index in [1.165, 1.54) is 19.2 Å². The highest BCUT2D eigenvalue weighted by molar-refractivity contribution is 6.30. The Morgan fingerprint density at radius 3 is 2.79 bits per heavy atom. The van der Waals surface area contributed by atoms with Crippen molar-refractivity contribution in [1.29, 1.82) is 0 Å². The van der Waals surface area contributed by atoms with Crippen LogP contribution >= 0.6 is 11.6 Å². The van der Waals surface area contributed by atoms with Crippen LogP contribution in [-0.2, 0) is 4.74 Å². The van der Waals surface area contributed by atoms with E-state index in [0.717, 1.165) is 6.07 Å². The first-order chi connectivity index (χ1) is 8.91. The fourth-order valence-corrected chi connectivity index (χ4v) is 1.91. The van der Waals surface area contributed by atoms with E-state index in [1.54, 1.807) is 6.92 Å². The molecule has 0 heterocycles. The third-order valence-corrected chi connectivity index (χ3v) is 2.95. The van der Waals surface area contributed by atoms with Gasteiger partial charge < -0.3 is 15.2 Å². The summed E-state index contributed by atoms with van der Waals surface area (Å²) in [6, 6.07) is 3.84. The van der Waals surface area contributed by atoms with Gasteiger partial charge in [0.2, 0.25) is 0 Å². The summed E-state index contributed by atoms with van der Waals surface area (Å²) >= 11 is 5.63. The number of carbonyl (C=O) groups is 1. The number of hydrogen-bond acceptors (Lipinski definition) is 3. The number of halogens is 2. The van der Waals surface area contributed by atoms with Gasteiger partial charge in [0.25, 0.3) is 5.91 Å². The molecule has 0 radical (unpaired) electrons. The zero-order valence-electron chi connectivity index (χ0n) is 10.9. The molecular formula is C13H17ClFNO3. The van der Waals surface area contributed by atoms with E-state index >= 15 is 0 Å². The molecule has 0 bridgehead atoms. The molecule has 0 aliphatic carbocycles. The second-order valence-electron chi connectivity index (χ2n) is 4.55. The lowest BCUT2D eigenvalue weighted by atomic mass is 9.98. The molecule has 6 heteroatoms. The van der Waals surface area contributed by atoms with Crippen LogP contribution in [0.1, 0.15) is 23.7 Å². The first-order valence-corrected chi connectivity index (χ1v) is 6.17. The number of hydrogen-bond donors (Lipinski definition) is 2. The molecule has 1 atom stereocenters. The molecule has 1 unspecified atom stereocenters. The van der Waals surface area contributed by atoms with Crippen LogP contribution < -0.4 is 5.32 Å². The van der Waals surface area contributed by atoms with Crippen molar-refractivity contribution in [3.8, 4) is 0 Å². The van der Waals surface area contributed by atoms with E-state index in [4.69, 9.17) is 21.4 Å². The molecule has 0 aliphatic rings. The van der Waals surface area contributed by atoms with Gasteiger partial charge in [-0.05, 0) is 31.5 Å². The third kappa shape index (κ3) is 4.45. The SMILES string of the molecule is COCC(C)(CCO)NC(=O)c1ccc(Cl)cc1F. The number of nitrogens with one attached hydrogen (secondary N) is 1. The lowest BCUT2D eigenvalue weighted by molar-refractivity contribution is 0.0722. The maximum atomic E-state index is 13.6. The Balaban J connectivity index is 2.87. The maximum absolute atomic E-state index is 13.6. The molecule has 1 aromatic carbocycles. The summed E-state index contributed by atoms with van der Waals surface area (Å²) in [6.45, 7) is 1.83. The quantitative estimate of drug-likeness (QED) is 0.842. The average Bonchev–Trinajstić information content (AvgIpc) is 2.28. The second-order valence-corrected chi connectivity index (χ2v) is 4.98. The monoisotopic (exact) mass is 289 g/mol. The molecule has 0 aromatic heterocycles. The largest absolute Gasteiger partial charge is 0.396 e. The lowest BCUT2D eigenvalue weighted by Gasteiger charge is -2.29.